The number of anilines is 1. The van der Waals surface area contributed by atoms with Crippen LogP contribution >= 0.6 is 0 Å². The number of nitrogens with zero attached hydrogens (tertiary/aromatic N) is 1. The largest absolute Gasteiger partial charge is 0.496 e. The summed E-state index contributed by atoms with van der Waals surface area (Å²) in [4.78, 5) is 13.3. The van der Waals surface area contributed by atoms with Crippen LogP contribution in [0.2, 0.25) is 0 Å². The second kappa shape index (κ2) is 6.00. The Morgan fingerprint density at radius 1 is 1.35 bits per heavy atom. The highest BCUT2D eigenvalue weighted by molar-refractivity contribution is 5.73. The van der Waals surface area contributed by atoms with E-state index in [1.807, 2.05) is 6.07 Å². The lowest BCUT2D eigenvalue weighted by Gasteiger charge is -2.33. The van der Waals surface area contributed by atoms with E-state index >= 15 is 0 Å². The molecule has 1 fully saturated rings. The molecule has 1 atom stereocenters. The first-order chi connectivity index (χ1) is 9.56. The molecule has 1 unspecified atom stereocenters. The molecule has 1 aliphatic rings. The zero-order valence-corrected chi connectivity index (χ0v) is 12.0. The van der Waals surface area contributed by atoms with Crippen molar-refractivity contribution in [3.8, 4) is 11.5 Å². The molecular formula is C14H20N2O4. The van der Waals surface area contributed by atoms with Gasteiger partial charge in [-0.25, -0.2) is 0 Å². The lowest BCUT2D eigenvalue weighted by Crippen LogP contribution is -2.41. The first kappa shape index (κ1) is 14.5. The van der Waals surface area contributed by atoms with Crippen molar-refractivity contribution in [1.29, 1.82) is 0 Å². The molecule has 1 amide bonds. The van der Waals surface area contributed by atoms with E-state index in [0.29, 0.717) is 36.9 Å². The number of nitrogen functional groups attached to an aromatic ring is 1. The molecule has 1 saturated heterocycles. The fraction of sp³-hybridized carbons (Fsp3) is 0.500. The van der Waals surface area contributed by atoms with Gasteiger partial charge in [-0.3, -0.25) is 4.79 Å². The summed E-state index contributed by atoms with van der Waals surface area (Å²) in [5.41, 5.74) is 7.22. The van der Waals surface area contributed by atoms with Gasteiger partial charge in [0.25, 0.3) is 0 Å². The van der Waals surface area contributed by atoms with Crippen molar-refractivity contribution in [3.63, 3.8) is 0 Å². The Balaban J connectivity index is 2.33. The van der Waals surface area contributed by atoms with Crippen LogP contribution in [0.3, 0.4) is 0 Å². The molecule has 1 aromatic carbocycles. The third-order valence-electron chi connectivity index (χ3n) is 3.44. The average Bonchev–Trinajstić information content (AvgIpc) is 2.46. The predicted octanol–water partition coefficient (Wildman–Crippen LogP) is 1.21. The molecule has 0 saturated carbocycles. The van der Waals surface area contributed by atoms with Crippen molar-refractivity contribution >= 4 is 11.6 Å². The Morgan fingerprint density at radius 2 is 2.05 bits per heavy atom. The van der Waals surface area contributed by atoms with Gasteiger partial charge in [-0.1, -0.05) is 0 Å². The lowest BCUT2D eigenvalue weighted by molar-refractivity contribution is -0.136. The summed E-state index contributed by atoms with van der Waals surface area (Å²) in [7, 11) is 3.14. The van der Waals surface area contributed by atoms with Gasteiger partial charge in [0.15, 0.2) is 0 Å². The topological polar surface area (TPSA) is 74.0 Å². The molecule has 0 bridgehead atoms. The van der Waals surface area contributed by atoms with Gasteiger partial charge >= 0.3 is 0 Å². The molecular weight excluding hydrogens is 260 g/mol. The molecule has 6 heteroatoms. The summed E-state index contributed by atoms with van der Waals surface area (Å²) in [6.07, 6.45) is -0.239. The van der Waals surface area contributed by atoms with E-state index in [-0.39, 0.29) is 12.0 Å². The number of amides is 1. The van der Waals surface area contributed by atoms with Crippen molar-refractivity contribution in [3.05, 3.63) is 17.7 Å². The van der Waals surface area contributed by atoms with E-state index in [4.69, 9.17) is 19.9 Å². The fourth-order valence-corrected chi connectivity index (χ4v) is 2.32. The van der Waals surface area contributed by atoms with Crippen LogP contribution in [-0.4, -0.2) is 44.7 Å². The summed E-state index contributed by atoms with van der Waals surface area (Å²) >= 11 is 0. The molecule has 110 valence electrons. The minimum atomic E-state index is -0.239. The molecule has 2 N–H and O–H groups in total. The molecule has 20 heavy (non-hydrogen) atoms. The number of carbonyl (C=O) groups excluding carboxylic acids is 1. The third kappa shape index (κ3) is 2.80. The molecule has 0 aliphatic carbocycles. The van der Waals surface area contributed by atoms with Crippen LogP contribution in [0.1, 0.15) is 18.6 Å². The Kier molecular flexibility index (Phi) is 4.34. The molecule has 0 spiro atoms. The monoisotopic (exact) mass is 280 g/mol. The zero-order chi connectivity index (χ0) is 14.7. The highest BCUT2D eigenvalue weighted by atomic mass is 16.5. The summed E-state index contributed by atoms with van der Waals surface area (Å²) in [6.45, 7) is 3.17. The number of carbonyl (C=O) groups is 1. The molecule has 0 radical (unpaired) electrons. The quantitative estimate of drug-likeness (QED) is 0.842. The summed E-state index contributed by atoms with van der Waals surface area (Å²) < 4.78 is 16.3. The standard InChI is InChI=1S/C14H20N2O4/c1-9(17)16-4-5-20-14(8-16)10-6-13(19-3)11(15)7-12(10)18-2/h6-7,14H,4-5,8,15H2,1-3H3. The molecule has 6 nitrogen and oxygen atoms in total. The number of hydrogen-bond donors (Lipinski definition) is 1. The van der Waals surface area contributed by atoms with Crippen LogP contribution in [-0.2, 0) is 9.53 Å². The van der Waals surface area contributed by atoms with E-state index in [1.54, 1.807) is 32.1 Å². The van der Waals surface area contributed by atoms with Crippen LogP contribution < -0.4 is 15.2 Å². The van der Waals surface area contributed by atoms with Crippen molar-refractivity contribution in [1.82, 2.24) is 4.90 Å². The van der Waals surface area contributed by atoms with E-state index in [9.17, 15) is 4.79 Å². The summed E-state index contributed by atoms with van der Waals surface area (Å²) in [6, 6.07) is 3.52. The molecule has 1 aliphatic heterocycles. The Bertz CT molecular complexity index is 504. The number of nitrogens with two attached hydrogens (primary N) is 1. The number of ether oxygens (including phenoxy) is 3. The number of rotatable bonds is 3. The van der Waals surface area contributed by atoms with Crippen LogP contribution in [0.25, 0.3) is 0 Å². The average molecular weight is 280 g/mol. The van der Waals surface area contributed by atoms with E-state index in [0.717, 1.165) is 5.56 Å². The number of methoxy groups -OCH3 is 2. The Hall–Kier alpha value is -1.95. The summed E-state index contributed by atoms with van der Waals surface area (Å²) in [5, 5.41) is 0. The molecule has 2 rings (SSSR count). The van der Waals surface area contributed by atoms with Crippen LogP contribution in [0.15, 0.2) is 12.1 Å². The van der Waals surface area contributed by atoms with Gasteiger partial charge in [-0.2, -0.15) is 0 Å². The minimum Gasteiger partial charge on any atom is -0.496 e. The van der Waals surface area contributed by atoms with Crippen LogP contribution in [0.4, 0.5) is 5.69 Å². The SMILES string of the molecule is COc1cc(C2CN(C(C)=O)CCO2)c(OC)cc1N. The summed E-state index contributed by atoms with van der Waals surface area (Å²) in [5.74, 6) is 1.25. The van der Waals surface area contributed by atoms with Crippen LogP contribution in [0, 0.1) is 0 Å². The molecule has 1 heterocycles. The van der Waals surface area contributed by atoms with Gasteiger partial charge in [0.1, 0.15) is 17.6 Å². The van der Waals surface area contributed by atoms with Gasteiger partial charge in [0.2, 0.25) is 5.91 Å². The first-order valence-electron chi connectivity index (χ1n) is 6.45. The number of benzene rings is 1. The minimum absolute atomic E-state index is 0.0414. The maximum Gasteiger partial charge on any atom is 0.219 e. The fourth-order valence-electron chi connectivity index (χ4n) is 2.32. The predicted molar refractivity (Wildman–Crippen MR) is 74.9 cm³/mol. The van der Waals surface area contributed by atoms with E-state index in [1.165, 1.54) is 0 Å². The second-order valence-electron chi connectivity index (χ2n) is 4.66. The molecule has 1 aromatic rings. The van der Waals surface area contributed by atoms with Crippen molar-refractivity contribution in [2.24, 2.45) is 0 Å². The van der Waals surface area contributed by atoms with Crippen LogP contribution in [0.5, 0.6) is 11.5 Å². The third-order valence-corrected chi connectivity index (χ3v) is 3.44. The second-order valence-corrected chi connectivity index (χ2v) is 4.66. The first-order valence-corrected chi connectivity index (χ1v) is 6.45. The number of morpholine rings is 1. The maximum absolute atomic E-state index is 11.5. The normalized spacial score (nSPS) is 18.8. The smallest absolute Gasteiger partial charge is 0.219 e. The highest BCUT2D eigenvalue weighted by Crippen LogP contribution is 2.36. The zero-order valence-electron chi connectivity index (χ0n) is 12.0. The van der Waals surface area contributed by atoms with Gasteiger partial charge < -0.3 is 24.8 Å². The lowest BCUT2D eigenvalue weighted by atomic mass is 10.0. The van der Waals surface area contributed by atoms with Gasteiger partial charge in [0.05, 0.1) is 33.1 Å². The Labute approximate surface area is 118 Å². The Morgan fingerprint density at radius 3 is 2.65 bits per heavy atom. The highest BCUT2D eigenvalue weighted by Gasteiger charge is 2.26. The maximum atomic E-state index is 11.5. The van der Waals surface area contributed by atoms with E-state index in [2.05, 4.69) is 0 Å². The van der Waals surface area contributed by atoms with Gasteiger partial charge in [-0.15, -0.1) is 0 Å². The number of hydrogen-bond acceptors (Lipinski definition) is 5. The van der Waals surface area contributed by atoms with Gasteiger partial charge in [0, 0.05) is 25.1 Å². The van der Waals surface area contributed by atoms with Gasteiger partial charge in [-0.05, 0) is 6.07 Å². The van der Waals surface area contributed by atoms with Crippen molar-refractivity contribution in [2.75, 3.05) is 39.6 Å². The van der Waals surface area contributed by atoms with Crippen molar-refractivity contribution in [2.45, 2.75) is 13.0 Å². The van der Waals surface area contributed by atoms with Crippen molar-refractivity contribution < 1.29 is 19.0 Å². The van der Waals surface area contributed by atoms with E-state index < -0.39 is 0 Å². The molecule has 0 aromatic heterocycles.